The Balaban J connectivity index is 1.71. The van der Waals surface area contributed by atoms with Crippen LogP contribution in [0.4, 0.5) is 0 Å². The molecular weight excluding hydrogens is 246 g/mol. The molecule has 3 rings (SSSR count). The van der Waals surface area contributed by atoms with Gasteiger partial charge in [-0.05, 0) is 30.5 Å². The zero-order valence-electron chi connectivity index (χ0n) is 12.1. The SMILES string of the molecule is CCc1ccc(C(C)NC2COc3ccccc32)cc1. The number of nitrogens with one attached hydrogen (secondary N) is 1. The molecule has 0 saturated heterocycles. The number of benzene rings is 2. The van der Waals surface area contributed by atoms with Crippen LogP contribution in [0.3, 0.4) is 0 Å². The first kappa shape index (κ1) is 13.2. The van der Waals surface area contributed by atoms with E-state index in [4.69, 9.17) is 4.74 Å². The van der Waals surface area contributed by atoms with Crippen LogP contribution < -0.4 is 10.1 Å². The van der Waals surface area contributed by atoms with Crippen LogP contribution in [-0.2, 0) is 6.42 Å². The van der Waals surface area contributed by atoms with Crippen molar-refractivity contribution in [1.29, 1.82) is 0 Å². The van der Waals surface area contributed by atoms with Gasteiger partial charge in [-0.1, -0.05) is 49.4 Å². The normalized spacial score (nSPS) is 18.4. The molecule has 0 aromatic heterocycles. The lowest BCUT2D eigenvalue weighted by molar-refractivity contribution is 0.301. The molecule has 0 radical (unpaired) electrons. The van der Waals surface area contributed by atoms with Gasteiger partial charge in [-0.2, -0.15) is 0 Å². The van der Waals surface area contributed by atoms with E-state index in [1.54, 1.807) is 0 Å². The summed E-state index contributed by atoms with van der Waals surface area (Å²) in [6, 6.07) is 17.8. The van der Waals surface area contributed by atoms with E-state index in [1.807, 2.05) is 12.1 Å². The van der Waals surface area contributed by atoms with Gasteiger partial charge in [0.25, 0.3) is 0 Å². The van der Waals surface area contributed by atoms with E-state index < -0.39 is 0 Å². The van der Waals surface area contributed by atoms with E-state index in [1.165, 1.54) is 16.7 Å². The Kier molecular flexibility index (Phi) is 3.75. The van der Waals surface area contributed by atoms with Crippen LogP contribution in [0, 0.1) is 0 Å². The maximum Gasteiger partial charge on any atom is 0.124 e. The van der Waals surface area contributed by atoms with E-state index in [9.17, 15) is 0 Å². The van der Waals surface area contributed by atoms with E-state index in [0.29, 0.717) is 6.04 Å². The summed E-state index contributed by atoms with van der Waals surface area (Å²) >= 11 is 0. The molecule has 2 heteroatoms. The smallest absolute Gasteiger partial charge is 0.124 e. The van der Waals surface area contributed by atoms with Gasteiger partial charge in [-0.25, -0.2) is 0 Å². The molecule has 1 aliphatic rings. The van der Waals surface area contributed by atoms with Crippen molar-refractivity contribution in [3.63, 3.8) is 0 Å². The molecule has 20 heavy (non-hydrogen) atoms. The fourth-order valence-electron chi connectivity index (χ4n) is 2.74. The third-order valence-electron chi connectivity index (χ3n) is 4.04. The Labute approximate surface area is 120 Å². The first-order valence-electron chi connectivity index (χ1n) is 7.34. The number of fused-ring (bicyclic) bond motifs is 1. The summed E-state index contributed by atoms with van der Waals surface area (Å²) in [5.41, 5.74) is 3.98. The highest BCUT2D eigenvalue weighted by Crippen LogP contribution is 2.33. The van der Waals surface area contributed by atoms with Crippen molar-refractivity contribution in [2.24, 2.45) is 0 Å². The summed E-state index contributed by atoms with van der Waals surface area (Å²) in [7, 11) is 0. The molecule has 0 spiro atoms. The zero-order chi connectivity index (χ0) is 13.9. The number of ether oxygens (including phenoxy) is 1. The molecule has 0 bridgehead atoms. The Morgan fingerprint density at radius 3 is 2.65 bits per heavy atom. The molecule has 104 valence electrons. The van der Waals surface area contributed by atoms with Crippen LogP contribution in [0.1, 0.15) is 42.6 Å². The van der Waals surface area contributed by atoms with Gasteiger partial charge >= 0.3 is 0 Å². The van der Waals surface area contributed by atoms with Gasteiger partial charge in [-0.3, -0.25) is 0 Å². The Hall–Kier alpha value is -1.80. The summed E-state index contributed by atoms with van der Waals surface area (Å²) < 4.78 is 5.72. The summed E-state index contributed by atoms with van der Waals surface area (Å²) in [6.45, 7) is 5.11. The molecule has 1 aliphatic heterocycles. The van der Waals surface area contributed by atoms with Crippen molar-refractivity contribution >= 4 is 0 Å². The van der Waals surface area contributed by atoms with Crippen LogP contribution in [-0.4, -0.2) is 6.61 Å². The third-order valence-corrected chi connectivity index (χ3v) is 4.04. The van der Waals surface area contributed by atoms with Crippen molar-refractivity contribution < 1.29 is 4.74 Å². The Bertz CT molecular complexity index is 576. The van der Waals surface area contributed by atoms with Crippen LogP contribution in [0.15, 0.2) is 48.5 Å². The molecule has 2 aromatic carbocycles. The molecule has 0 aliphatic carbocycles. The van der Waals surface area contributed by atoms with Crippen LogP contribution >= 0.6 is 0 Å². The predicted octanol–water partition coefficient (Wildman–Crippen LogP) is 4.03. The zero-order valence-corrected chi connectivity index (χ0v) is 12.1. The maximum absolute atomic E-state index is 5.72. The number of hydrogen-bond acceptors (Lipinski definition) is 2. The molecular formula is C18H21NO. The summed E-state index contributed by atoms with van der Waals surface area (Å²) in [5.74, 6) is 1.01. The van der Waals surface area contributed by atoms with Crippen LogP contribution in [0.5, 0.6) is 5.75 Å². The van der Waals surface area contributed by atoms with Crippen molar-refractivity contribution in [2.45, 2.75) is 32.4 Å². The minimum Gasteiger partial charge on any atom is -0.491 e. The second-order valence-electron chi connectivity index (χ2n) is 5.38. The summed E-state index contributed by atoms with van der Waals surface area (Å²) in [4.78, 5) is 0. The topological polar surface area (TPSA) is 21.3 Å². The first-order chi connectivity index (χ1) is 9.78. The van der Waals surface area contributed by atoms with Gasteiger partial charge in [0.05, 0.1) is 6.04 Å². The molecule has 0 amide bonds. The number of rotatable bonds is 4. The maximum atomic E-state index is 5.72. The van der Waals surface area contributed by atoms with E-state index in [2.05, 4.69) is 55.6 Å². The fourth-order valence-corrected chi connectivity index (χ4v) is 2.74. The van der Waals surface area contributed by atoms with Gasteiger partial charge in [0, 0.05) is 11.6 Å². The molecule has 0 saturated carbocycles. The van der Waals surface area contributed by atoms with Gasteiger partial charge in [0.15, 0.2) is 0 Å². The molecule has 1 N–H and O–H groups in total. The fraction of sp³-hybridized carbons (Fsp3) is 0.333. The summed E-state index contributed by atoms with van der Waals surface area (Å²) in [5, 5.41) is 3.66. The average Bonchev–Trinajstić information content (AvgIpc) is 2.91. The molecule has 2 aromatic rings. The van der Waals surface area contributed by atoms with Crippen molar-refractivity contribution in [1.82, 2.24) is 5.32 Å². The second kappa shape index (κ2) is 5.68. The third kappa shape index (κ3) is 2.56. The van der Waals surface area contributed by atoms with Crippen molar-refractivity contribution in [3.05, 3.63) is 65.2 Å². The second-order valence-corrected chi connectivity index (χ2v) is 5.38. The quantitative estimate of drug-likeness (QED) is 0.903. The van der Waals surface area contributed by atoms with Crippen LogP contribution in [0.2, 0.25) is 0 Å². The monoisotopic (exact) mass is 267 g/mol. The van der Waals surface area contributed by atoms with Gasteiger partial charge in [0.1, 0.15) is 12.4 Å². The number of para-hydroxylation sites is 1. The minimum atomic E-state index is 0.284. The molecule has 2 unspecified atom stereocenters. The number of hydrogen-bond donors (Lipinski definition) is 1. The van der Waals surface area contributed by atoms with Crippen molar-refractivity contribution in [2.75, 3.05) is 6.61 Å². The molecule has 2 nitrogen and oxygen atoms in total. The highest BCUT2D eigenvalue weighted by atomic mass is 16.5. The summed E-state index contributed by atoms with van der Waals surface area (Å²) in [6.07, 6.45) is 1.09. The van der Waals surface area contributed by atoms with E-state index >= 15 is 0 Å². The molecule has 0 fully saturated rings. The molecule has 2 atom stereocenters. The Morgan fingerprint density at radius 1 is 1.15 bits per heavy atom. The van der Waals surface area contributed by atoms with E-state index in [-0.39, 0.29) is 6.04 Å². The lowest BCUT2D eigenvalue weighted by Crippen LogP contribution is -2.25. The largest absolute Gasteiger partial charge is 0.491 e. The highest BCUT2D eigenvalue weighted by Gasteiger charge is 2.24. The lowest BCUT2D eigenvalue weighted by Gasteiger charge is -2.19. The van der Waals surface area contributed by atoms with Crippen LogP contribution in [0.25, 0.3) is 0 Å². The minimum absolute atomic E-state index is 0.284. The Morgan fingerprint density at radius 2 is 1.90 bits per heavy atom. The standard InChI is InChI=1S/C18H21NO/c1-3-14-8-10-15(11-9-14)13(2)19-17-12-20-18-7-5-4-6-16(17)18/h4-11,13,17,19H,3,12H2,1-2H3. The molecule has 1 heterocycles. The van der Waals surface area contributed by atoms with Gasteiger partial charge < -0.3 is 10.1 Å². The van der Waals surface area contributed by atoms with E-state index in [0.717, 1.165) is 18.8 Å². The average molecular weight is 267 g/mol. The van der Waals surface area contributed by atoms with Crippen molar-refractivity contribution in [3.8, 4) is 5.75 Å². The lowest BCUT2D eigenvalue weighted by atomic mass is 10.0. The highest BCUT2D eigenvalue weighted by molar-refractivity contribution is 5.39. The first-order valence-corrected chi connectivity index (χ1v) is 7.34. The van der Waals surface area contributed by atoms with Gasteiger partial charge in [-0.15, -0.1) is 0 Å². The van der Waals surface area contributed by atoms with Gasteiger partial charge in [0.2, 0.25) is 0 Å². The predicted molar refractivity (Wildman–Crippen MR) is 82.0 cm³/mol. The number of aryl methyl sites for hydroxylation is 1.